The minimum absolute atomic E-state index is 0.0647. The summed E-state index contributed by atoms with van der Waals surface area (Å²) in [5.74, 6) is 0.884. The molecule has 0 aromatic heterocycles. The van der Waals surface area contributed by atoms with Crippen molar-refractivity contribution in [2.45, 2.75) is 43.7 Å². The van der Waals surface area contributed by atoms with Crippen molar-refractivity contribution < 1.29 is 14.2 Å². The van der Waals surface area contributed by atoms with Gasteiger partial charge in [0.05, 0.1) is 12.2 Å². The third-order valence-corrected chi connectivity index (χ3v) is 5.48. The molecule has 2 heterocycles. The van der Waals surface area contributed by atoms with Gasteiger partial charge in [0, 0.05) is 37.4 Å². The number of rotatable bonds is 6. The third-order valence-electron chi connectivity index (χ3n) is 5.23. The Kier molecular flexibility index (Phi) is 6.39. The predicted octanol–water partition coefficient (Wildman–Crippen LogP) is 3.77. The lowest BCUT2D eigenvalue weighted by Gasteiger charge is -2.45. The first-order chi connectivity index (χ1) is 11.7. The van der Waals surface area contributed by atoms with Gasteiger partial charge in [-0.25, -0.2) is 0 Å². The molecule has 134 valence electrons. The second-order valence-electron chi connectivity index (χ2n) is 6.93. The number of hydrogen-bond acceptors (Lipinski definition) is 4. The van der Waals surface area contributed by atoms with E-state index in [0.29, 0.717) is 6.04 Å². The molecule has 0 bridgehead atoms. The molecule has 2 aliphatic rings. The van der Waals surface area contributed by atoms with Crippen LogP contribution in [0.3, 0.4) is 0 Å². The average Bonchev–Trinajstić information content (AvgIpc) is 2.61. The number of hydrogen-bond donors (Lipinski definition) is 0. The predicted molar refractivity (Wildman–Crippen MR) is 96.0 cm³/mol. The second-order valence-corrected chi connectivity index (χ2v) is 7.36. The molecule has 2 fully saturated rings. The molecule has 24 heavy (non-hydrogen) atoms. The molecule has 1 aromatic carbocycles. The molecular weight excluding hydrogens is 326 g/mol. The molecule has 1 atom stereocenters. The van der Waals surface area contributed by atoms with Crippen molar-refractivity contribution >= 4 is 11.6 Å². The molecule has 0 unspecified atom stereocenters. The highest BCUT2D eigenvalue weighted by atomic mass is 35.5. The lowest BCUT2D eigenvalue weighted by molar-refractivity contribution is -0.149. The van der Waals surface area contributed by atoms with Gasteiger partial charge in [0.1, 0.15) is 5.75 Å². The Labute approximate surface area is 150 Å². The lowest BCUT2D eigenvalue weighted by Crippen LogP contribution is -2.50. The zero-order valence-electron chi connectivity index (χ0n) is 14.5. The van der Waals surface area contributed by atoms with E-state index in [1.54, 1.807) is 0 Å². The summed E-state index contributed by atoms with van der Waals surface area (Å²) in [5.41, 5.74) is 0.0647. The largest absolute Gasteiger partial charge is 0.494 e. The molecule has 2 aliphatic heterocycles. The van der Waals surface area contributed by atoms with Gasteiger partial charge < -0.3 is 19.1 Å². The zero-order chi connectivity index (χ0) is 16.8. The van der Waals surface area contributed by atoms with E-state index in [4.69, 9.17) is 25.8 Å². The molecule has 0 N–H and O–H groups in total. The zero-order valence-corrected chi connectivity index (χ0v) is 15.3. The molecule has 0 radical (unpaired) electrons. The van der Waals surface area contributed by atoms with Crippen LogP contribution in [0.2, 0.25) is 5.02 Å². The monoisotopic (exact) mass is 353 g/mol. The van der Waals surface area contributed by atoms with E-state index in [2.05, 4.69) is 11.9 Å². The molecule has 0 saturated carbocycles. The summed E-state index contributed by atoms with van der Waals surface area (Å²) in [4.78, 5) is 2.48. The minimum Gasteiger partial charge on any atom is -0.494 e. The molecule has 3 rings (SSSR count). The van der Waals surface area contributed by atoms with E-state index in [0.717, 1.165) is 75.8 Å². The Balaban J connectivity index is 1.39. The summed E-state index contributed by atoms with van der Waals surface area (Å²) in [6.07, 6.45) is 5.35. The highest BCUT2D eigenvalue weighted by molar-refractivity contribution is 6.30. The van der Waals surface area contributed by atoms with Crippen LogP contribution in [-0.4, -0.2) is 56.6 Å². The van der Waals surface area contributed by atoms with E-state index in [-0.39, 0.29) is 5.60 Å². The van der Waals surface area contributed by atoms with Gasteiger partial charge in [-0.1, -0.05) is 11.6 Å². The maximum Gasteiger partial charge on any atom is 0.119 e. The molecule has 4 nitrogen and oxygen atoms in total. The van der Waals surface area contributed by atoms with Crippen LogP contribution in [0.4, 0.5) is 0 Å². The molecule has 2 saturated heterocycles. The Morgan fingerprint density at radius 2 is 1.96 bits per heavy atom. The van der Waals surface area contributed by atoms with Crippen LogP contribution in [0.15, 0.2) is 24.3 Å². The topological polar surface area (TPSA) is 30.9 Å². The average molecular weight is 354 g/mol. The van der Waals surface area contributed by atoms with Gasteiger partial charge in [-0.3, -0.25) is 0 Å². The van der Waals surface area contributed by atoms with Gasteiger partial charge in [0.15, 0.2) is 0 Å². The van der Waals surface area contributed by atoms with Crippen LogP contribution in [0.25, 0.3) is 0 Å². The van der Waals surface area contributed by atoms with E-state index in [1.807, 2.05) is 24.3 Å². The Morgan fingerprint density at radius 1 is 1.21 bits per heavy atom. The van der Waals surface area contributed by atoms with Crippen molar-refractivity contribution in [1.29, 1.82) is 0 Å². The number of benzene rings is 1. The lowest BCUT2D eigenvalue weighted by atomic mass is 9.83. The van der Waals surface area contributed by atoms with E-state index in [1.165, 1.54) is 0 Å². The van der Waals surface area contributed by atoms with Gasteiger partial charge in [0.2, 0.25) is 0 Å². The number of ether oxygens (including phenoxy) is 3. The van der Waals surface area contributed by atoms with Crippen LogP contribution in [0.1, 0.15) is 32.1 Å². The molecular formula is C19H28ClNO3. The van der Waals surface area contributed by atoms with Gasteiger partial charge >= 0.3 is 0 Å². The molecule has 1 spiro atoms. The van der Waals surface area contributed by atoms with Crippen LogP contribution in [-0.2, 0) is 9.47 Å². The summed E-state index contributed by atoms with van der Waals surface area (Å²) in [6, 6.07) is 8.16. The maximum absolute atomic E-state index is 6.14. The van der Waals surface area contributed by atoms with Crippen LogP contribution >= 0.6 is 11.6 Å². The fourth-order valence-corrected chi connectivity index (χ4v) is 3.81. The highest BCUT2D eigenvalue weighted by Crippen LogP contribution is 2.35. The van der Waals surface area contributed by atoms with Crippen LogP contribution in [0, 0.1) is 0 Å². The van der Waals surface area contributed by atoms with Gasteiger partial charge in [-0.15, -0.1) is 0 Å². The first kappa shape index (κ1) is 18.0. The molecule has 1 aromatic rings. The van der Waals surface area contributed by atoms with Gasteiger partial charge in [-0.05, 0) is 63.4 Å². The summed E-state index contributed by atoms with van der Waals surface area (Å²) in [7, 11) is 2.23. The Hall–Kier alpha value is -0.810. The Bertz CT molecular complexity index is 496. The first-order valence-electron chi connectivity index (χ1n) is 8.97. The van der Waals surface area contributed by atoms with Crippen LogP contribution < -0.4 is 4.74 Å². The van der Waals surface area contributed by atoms with E-state index >= 15 is 0 Å². The Morgan fingerprint density at radius 3 is 2.71 bits per heavy atom. The number of nitrogens with zero attached hydrogens (tertiary/aromatic N) is 1. The van der Waals surface area contributed by atoms with Crippen molar-refractivity contribution in [2.75, 3.05) is 40.0 Å². The van der Waals surface area contributed by atoms with Gasteiger partial charge in [-0.2, -0.15) is 0 Å². The summed E-state index contributed by atoms with van der Waals surface area (Å²) in [6.45, 7) is 4.33. The highest BCUT2D eigenvalue weighted by Gasteiger charge is 2.39. The van der Waals surface area contributed by atoms with Crippen LogP contribution in [0.5, 0.6) is 5.75 Å². The van der Waals surface area contributed by atoms with Crippen molar-refractivity contribution in [2.24, 2.45) is 0 Å². The van der Waals surface area contributed by atoms with E-state index in [9.17, 15) is 0 Å². The summed E-state index contributed by atoms with van der Waals surface area (Å²) in [5, 5.41) is 0.739. The smallest absolute Gasteiger partial charge is 0.119 e. The van der Waals surface area contributed by atoms with Crippen molar-refractivity contribution in [3.63, 3.8) is 0 Å². The molecule has 0 amide bonds. The van der Waals surface area contributed by atoms with Crippen molar-refractivity contribution in [3.8, 4) is 5.75 Å². The fourth-order valence-electron chi connectivity index (χ4n) is 3.69. The molecule has 0 aliphatic carbocycles. The van der Waals surface area contributed by atoms with Gasteiger partial charge in [0.25, 0.3) is 0 Å². The summed E-state index contributed by atoms with van der Waals surface area (Å²) < 4.78 is 17.4. The van der Waals surface area contributed by atoms with Crippen molar-refractivity contribution in [3.05, 3.63) is 29.3 Å². The third kappa shape index (κ3) is 4.85. The normalized spacial score (nSPS) is 23.5. The first-order valence-corrected chi connectivity index (χ1v) is 9.35. The fraction of sp³-hybridized carbons (Fsp3) is 0.684. The minimum atomic E-state index is 0.0647. The van der Waals surface area contributed by atoms with E-state index < -0.39 is 0 Å². The quantitative estimate of drug-likeness (QED) is 0.728. The van der Waals surface area contributed by atoms with Crippen molar-refractivity contribution in [1.82, 2.24) is 4.90 Å². The molecule has 5 heteroatoms. The standard InChI is InChI=1S/C19H28ClNO3/c1-21(10-2-11-23-18-5-3-16(20)4-6-18)17-7-12-24-19(15-17)8-13-22-14-9-19/h3-6,17H,2,7-15H2,1H3/t17-/m0/s1. The number of halogens is 1. The summed E-state index contributed by atoms with van der Waals surface area (Å²) >= 11 is 5.88. The maximum atomic E-state index is 6.14. The SMILES string of the molecule is CN(CCCOc1ccc(Cl)cc1)[C@H]1CCOC2(CCOCC2)C1. The second kappa shape index (κ2) is 8.52.